The molecule has 0 heterocycles. The zero-order valence-corrected chi connectivity index (χ0v) is 15.9. The minimum atomic E-state index is -4.70. The highest BCUT2D eigenvalue weighted by Crippen LogP contribution is 2.48. The second-order valence-electron chi connectivity index (χ2n) is 4.55. The number of hydrogen-bond acceptors (Lipinski definition) is 4. The lowest BCUT2D eigenvalue weighted by molar-refractivity contribution is -0.216. The van der Waals surface area contributed by atoms with Gasteiger partial charge >= 0.3 is 18.1 Å². The van der Waals surface area contributed by atoms with Crippen LogP contribution in [-0.2, 0) is 14.3 Å². The molecule has 1 aromatic rings. The molecule has 1 unspecified atom stereocenters. The van der Waals surface area contributed by atoms with E-state index in [2.05, 4.69) is 4.74 Å². The fraction of sp³-hybridized carbons (Fsp3) is 0.385. The number of esters is 2. The molecule has 0 aromatic heterocycles. The van der Waals surface area contributed by atoms with Gasteiger partial charge in [0.15, 0.2) is 11.9 Å². The summed E-state index contributed by atoms with van der Waals surface area (Å²) < 4.78 is 45.8. The van der Waals surface area contributed by atoms with Crippen LogP contribution in [0.4, 0.5) is 13.2 Å². The number of hydrogen-bond donors (Lipinski definition) is 0. The number of halogens is 8. The van der Waals surface area contributed by atoms with Crippen molar-refractivity contribution in [2.45, 2.75) is 32.0 Å². The van der Waals surface area contributed by atoms with Crippen molar-refractivity contribution in [1.82, 2.24) is 0 Å². The van der Waals surface area contributed by atoms with Crippen LogP contribution in [0.5, 0.6) is 5.75 Å². The summed E-state index contributed by atoms with van der Waals surface area (Å²) in [5.41, 5.74) is 0. The van der Waals surface area contributed by atoms with Gasteiger partial charge in [-0.15, -0.1) is 0 Å². The van der Waals surface area contributed by atoms with Gasteiger partial charge in [0.2, 0.25) is 0 Å². The molecule has 1 aromatic carbocycles. The predicted octanol–water partition coefficient (Wildman–Crippen LogP) is 6.13. The third-order valence-corrected chi connectivity index (χ3v) is 4.93. The molecule has 0 saturated carbocycles. The second kappa shape index (κ2) is 8.86. The summed E-state index contributed by atoms with van der Waals surface area (Å²) in [6.45, 7) is 0.660. The van der Waals surface area contributed by atoms with Crippen LogP contribution in [0.2, 0.25) is 25.1 Å². The van der Waals surface area contributed by atoms with Crippen LogP contribution in [0.1, 0.15) is 19.8 Å². The van der Waals surface area contributed by atoms with Gasteiger partial charge in [0.1, 0.15) is 10.0 Å². The zero-order valence-electron chi connectivity index (χ0n) is 12.1. The van der Waals surface area contributed by atoms with E-state index < -0.39 is 37.1 Å². The Kier molecular flexibility index (Phi) is 7.95. The van der Waals surface area contributed by atoms with E-state index >= 15 is 0 Å². The highest BCUT2D eigenvalue weighted by Gasteiger charge is 2.39. The Bertz CT molecular complexity index is 664. The number of carbonyl (C=O) groups excluding carboxylic acids is 2. The zero-order chi connectivity index (χ0) is 19.5. The number of alkyl halides is 3. The Labute approximate surface area is 165 Å². The van der Waals surface area contributed by atoms with Gasteiger partial charge in [-0.25, -0.2) is 0 Å². The SMILES string of the molecule is CC(OC(=O)CCC(=O)Oc1c(Cl)c(Cl)c(Cl)c(Cl)c1Cl)C(F)(F)F. The van der Waals surface area contributed by atoms with Crippen molar-refractivity contribution < 1.29 is 32.2 Å². The molecule has 1 rings (SSSR count). The molecular formula is C13H8Cl5F3O4. The van der Waals surface area contributed by atoms with Crippen LogP contribution >= 0.6 is 58.0 Å². The largest absolute Gasteiger partial charge is 0.453 e. The van der Waals surface area contributed by atoms with Crippen molar-refractivity contribution in [2.24, 2.45) is 0 Å². The van der Waals surface area contributed by atoms with Gasteiger partial charge in [-0.3, -0.25) is 9.59 Å². The van der Waals surface area contributed by atoms with Crippen molar-refractivity contribution >= 4 is 69.9 Å². The molecule has 1 atom stereocenters. The third kappa shape index (κ3) is 5.96. The van der Waals surface area contributed by atoms with Gasteiger partial charge in [0.05, 0.1) is 27.9 Å². The van der Waals surface area contributed by atoms with E-state index in [4.69, 9.17) is 62.7 Å². The molecule has 4 nitrogen and oxygen atoms in total. The van der Waals surface area contributed by atoms with Crippen LogP contribution < -0.4 is 4.74 Å². The number of rotatable bonds is 5. The van der Waals surface area contributed by atoms with E-state index in [1.807, 2.05) is 0 Å². The Morgan fingerprint density at radius 3 is 1.72 bits per heavy atom. The molecule has 0 aliphatic heterocycles. The summed E-state index contributed by atoms with van der Waals surface area (Å²) >= 11 is 29.0. The Morgan fingerprint density at radius 1 is 0.880 bits per heavy atom. The van der Waals surface area contributed by atoms with Crippen molar-refractivity contribution in [1.29, 1.82) is 0 Å². The normalized spacial score (nSPS) is 12.7. The Hall–Kier alpha value is -0.600. The molecule has 25 heavy (non-hydrogen) atoms. The summed E-state index contributed by atoms with van der Waals surface area (Å²) in [7, 11) is 0. The van der Waals surface area contributed by atoms with E-state index in [9.17, 15) is 22.8 Å². The van der Waals surface area contributed by atoms with Gasteiger partial charge in [0, 0.05) is 0 Å². The highest BCUT2D eigenvalue weighted by atomic mass is 35.5. The molecule has 0 spiro atoms. The van der Waals surface area contributed by atoms with E-state index in [0.717, 1.165) is 0 Å². The minimum absolute atomic E-state index is 0.150. The lowest BCUT2D eigenvalue weighted by atomic mass is 10.3. The molecular weight excluding hydrogens is 454 g/mol. The number of benzene rings is 1. The maximum atomic E-state index is 12.3. The van der Waals surface area contributed by atoms with Crippen molar-refractivity contribution in [3.05, 3.63) is 25.1 Å². The molecule has 0 amide bonds. The van der Waals surface area contributed by atoms with Gasteiger partial charge in [-0.2, -0.15) is 13.2 Å². The molecule has 140 valence electrons. The van der Waals surface area contributed by atoms with Gasteiger partial charge < -0.3 is 9.47 Å². The van der Waals surface area contributed by atoms with Crippen LogP contribution in [0.15, 0.2) is 0 Å². The van der Waals surface area contributed by atoms with Gasteiger partial charge in [-0.05, 0) is 6.92 Å². The van der Waals surface area contributed by atoms with Crippen molar-refractivity contribution in [3.63, 3.8) is 0 Å². The summed E-state index contributed by atoms with van der Waals surface area (Å²) in [6.07, 6.45) is -8.24. The Balaban J connectivity index is 2.72. The standard InChI is InChI=1S/C13H8Cl5F3O4/c1-4(13(19,20)21)24-5(22)2-3-6(23)25-12-10(17)8(15)7(14)9(16)11(12)18/h4H,2-3H2,1H3. The molecule has 12 heteroatoms. The summed E-state index contributed by atoms with van der Waals surface area (Å²) in [5.74, 6) is -2.63. The van der Waals surface area contributed by atoms with Crippen LogP contribution in [-0.4, -0.2) is 24.2 Å². The van der Waals surface area contributed by atoms with E-state index in [-0.39, 0.29) is 30.9 Å². The molecule has 0 N–H and O–H groups in total. The quantitative estimate of drug-likeness (QED) is 0.229. The van der Waals surface area contributed by atoms with Crippen molar-refractivity contribution in [2.75, 3.05) is 0 Å². The first-order chi connectivity index (χ1) is 11.4. The lowest BCUT2D eigenvalue weighted by Gasteiger charge is -2.16. The number of carbonyl (C=O) groups is 2. The summed E-state index contributed by atoms with van der Waals surface area (Å²) in [4.78, 5) is 23.0. The van der Waals surface area contributed by atoms with Crippen molar-refractivity contribution in [3.8, 4) is 5.75 Å². The molecule has 0 fully saturated rings. The van der Waals surface area contributed by atoms with Gasteiger partial charge in [0.25, 0.3) is 0 Å². The molecule has 0 saturated heterocycles. The summed E-state index contributed by atoms with van der Waals surface area (Å²) in [5, 5.41) is -1.15. The Morgan fingerprint density at radius 2 is 1.28 bits per heavy atom. The monoisotopic (exact) mass is 460 g/mol. The van der Waals surface area contributed by atoms with Crippen LogP contribution in [0.25, 0.3) is 0 Å². The molecule has 0 radical (unpaired) electrons. The number of ether oxygens (including phenoxy) is 2. The van der Waals surface area contributed by atoms with Crippen LogP contribution in [0, 0.1) is 0 Å². The van der Waals surface area contributed by atoms with Gasteiger partial charge in [-0.1, -0.05) is 58.0 Å². The summed E-state index contributed by atoms with van der Waals surface area (Å²) in [6, 6.07) is 0. The average Bonchev–Trinajstić information content (AvgIpc) is 2.52. The first kappa shape index (κ1) is 22.4. The second-order valence-corrected chi connectivity index (χ2v) is 6.44. The van der Waals surface area contributed by atoms with E-state index in [1.54, 1.807) is 0 Å². The smallest absolute Gasteiger partial charge is 0.425 e. The highest BCUT2D eigenvalue weighted by molar-refractivity contribution is 6.55. The molecule has 0 bridgehead atoms. The minimum Gasteiger partial charge on any atom is -0.453 e. The van der Waals surface area contributed by atoms with Crippen LogP contribution in [0.3, 0.4) is 0 Å². The predicted molar refractivity (Wildman–Crippen MR) is 88.0 cm³/mol. The first-order valence-electron chi connectivity index (χ1n) is 6.34. The van der Waals surface area contributed by atoms with E-state index in [0.29, 0.717) is 6.92 Å². The fourth-order valence-electron chi connectivity index (χ4n) is 1.37. The molecule has 0 aliphatic rings. The van der Waals surface area contributed by atoms with E-state index in [1.165, 1.54) is 0 Å². The molecule has 0 aliphatic carbocycles. The maximum Gasteiger partial charge on any atom is 0.425 e. The lowest BCUT2D eigenvalue weighted by Crippen LogP contribution is -2.31. The first-order valence-corrected chi connectivity index (χ1v) is 8.23. The maximum absolute atomic E-state index is 12.3. The average molecular weight is 462 g/mol. The fourth-order valence-corrected chi connectivity index (χ4v) is 2.56. The third-order valence-electron chi connectivity index (χ3n) is 2.69. The topological polar surface area (TPSA) is 52.6 Å².